The number of aromatic amines is 1. The van der Waals surface area contributed by atoms with Gasteiger partial charge in [-0.2, -0.15) is 5.10 Å². The highest BCUT2D eigenvalue weighted by Crippen LogP contribution is 2.28. The molecule has 2 aromatic carbocycles. The Morgan fingerprint density at radius 2 is 1.70 bits per heavy atom. The van der Waals surface area contributed by atoms with Crippen LogP contribution in [0.4, 0.5) is 4.39 Å². The van der Waals surface area contributed by atoms with Gasteiger partial charge in [0, 0.05) is 19.0 Å². The fourth-order valence-corrected chi connectivity index (χ4v) is 3.56. The summed E-state index contributed by atoms with van der Waals surface area (Å²) in [7, 11) is 0. The molecule has 1 amide bonds. The third-order valence-electron chi connectivity index (χ3n) is 4.96. The van der Waals surface area contributed by atoms with E-state index >= 15 is 0 Å². The number of likely N-dealkylation sites (tertiary alicyclic amines) is 1. The largest absolute Gasteiger partial charge is 0.347 e. The number of benzene rings is 2. The summed E-state index contributed by atoms with van der Waals surface area (Å²) in [5.74, 6) is -0.0816. The first-order chi connectivity index (χ1) is 13.1. The van der Waals surface area contributed by atoms with Gasteiger partial charge in [-0.3, -0.25) is 4.79 Å². The second-order valence-electron chi connectivity index (χ2n) is 6.60. The number of carbonyl (C=O) groups is 1. The van der Waals surface area contributed by atoms with Crippen LogP contribution in [0.2, 0.25) is 0 Å². The molecule has 0 unspecified atom stereocenters. The van der Waals surface area contributed by atoms with E-state index in [1.54, 1.807) is 21.6 Å². The standard InChI is InChI=1S/C20H19FN4O2/c21-17-9-5-4-8-16(17)19(26)24-12-10-14(11-13-24)18-22-23-20(27)25(18)15-6-2-1-3-7-15/h1-9,14H,10-13H2,(H,23,27). The van der Waals surface area contributed by atoms with E-state index in [0.29, 0.717) is 31.8 Å². The lowest BCUT2D eigenvalue weighted by molar-refractivity contribution is 0.0706. The molecule has 1 fully saturated rings. The number of rotatable bonds is 3. The molecular weight excluding hydrogens is 347 g/mol. The van der Waals surface area contributed by atoms with Crippen molar-refractivity contribution < 1.29 is 9.18 Å². The van der Waals surface area contributed by atoms with Gasteiger partial charge < -0.3 is 4.90 Å². The molecule has 6 nitrogen and oxygen atoms in total. The number of H-pyrrole nitrogens is 1. The quantitative estimate of drug-likeness (QED) is 0.775. The molecule has 27 heavy (non-hydrogen) atoms. The number of halogens is 1. The van der Waals surface area contributed by atoms with Crippen LogP contribution in [0.1, 0.15) is 34.9 Å². The number of amides is 1. The van der Waals surface area contributed by atoms with Crippen molar-refractivity contribution in [3.63, 3.8) is 0 Å². The van der Waals surface area contributed by atoms with Gasteiger partial charge in [0.1, 0.15) is 11.6 Å². The maximum Gasteiger partial charge on any atom is 0.347 e. The van der Waals surface area contributed by atoms with Crippen molar-refractivity contribution in [2.24, 2.45) is 0 Å². The smallest absolute Gasteiger partial charge is 0.339 e. The zero-order valence-electron chi connectivity index (χ0n) is 14.6. The average Bonchev–Trinajstić information content (AvgIpc) is 3.10. The van der Waals surface area contributed by atoms with Crippen molar-refractivity contribution in [3.05, 3.63) is 82.3 Å². The Morgan fingerprint density at radius 1 is 1.04 bits per heavy atom. The van der Waals surface area contributed by atoms with Crippen LogP contribution in [0, 0.1) is 5.82 Å². The van der Waals surface area contributed by atoms with Gasteiger partial charge in [-0.15, -0.1) is 0 Å². The molecule has 0 saturated carbocycles. The molecule has 1 N–H and O–H groups in total. The van der Waals surface area contributed by atoms with E-state index in [-0.39, 0.29) is 23.1 Å². The van der Waals surface area contributed by atoms with Crippen molar-refractivity contribution in [1.82, 2.24) is 19.7 Å². The van der Waals surface area contributed by atoms with Gasteiger partial charge in [-0.1, -0.05) is 30.3 Å². The summed E-state index contributed by atoms with van der Waals surface area (Å²) < 4.78 is 15.5. The van der Waals surface area contributed by atoms with Gasteiger partial charge in [0.25, 0.3) is 5.91 Å². The number of piperidine rings is 1. The Morgan fingerprint density at radius 3 is 2.41 bits per heavy atom. The highest BCUT2D eigenvalue weighted by molar-refractivity contribution is 5.94. The molecule has 0 bridgehead atoms. The maximum atomic E-state index is 13.9. The second kappa shape index (κ2) is 7.19. The number of nitrogens with one attached hydrogen (secondary N) is 1. The molecule has 1 aliphatic rings. The van der Waals surface area contributed by atoms with Crippen LogP contribution in [0.15, 0.2) is 59.4 Å². The molecular formula is C20H19FN4O2. The maximum absolute atomic E-state index is 13.9. The van der Waals surface area contributed by atoms with Crippen molar-refractivity contribution in [2.75, 3.05) is 13.1 Å². The minimum Gasteiger partial charge on any atom is -0.339 e. The molecule has 1 saturated heterocycles. The highest BCUT2D eigenvalue weighted by Gasteiger charge is 2.29. The van der Waals surface area contributed by atoms with Crippen LogP contribution in [0.5, 0.6) is 0 Å². The van der Waals surface area contributed by atoms with Gasteiger partial charge in [0.15, 0.2) is 0 Å². The molecule has 3 aromatic rings. The third-order valence-corrected chi connectivity index (χ3v) is 4.96. The minimum absolute atomic E-state index is 0.0498. The number of nitrogens with zero attached hydrogens (tertiary/aromatic N) is 3. The monoisotopic (exact) mass is 366 g/mol. The van der Waals surface area contributed by atoms with Crippen LogP contribution >= 0.6 is 0 Å². The Hall–Kier alpha value is -3.22. The van der Waals surface area contributed by atoms with Crippen molar-refractivity contribution in [1.29, 1.82) is 0 Å². The SMILES string of the molecule is O=C(c1ccccc1F)N1CCC(c2n[nH]c(=O)n2-c2ccccc2)CC1. The third kappa shape index (κ3) is 3.28. The van der Waals surface area contributed by atoms with E-state index in [1.165, 1.54) is 12.1 Å². The van der Waals surface area contributed by atoms with Gasteiger partial charge in [0.05, 0.1) is 11.3 Å². The van der Waals surface area contributed by atoms with Gasteiger partial charge in [0.2, 0.25) is 0 Å². The lowest BCUT2D eigenvalue weighted by Crippen LogP contribution is -2.39. The minimum atomic E-state index is -0.505. The lowest BCUT2D eigenvalue weighted by Gasteiger charge is -2.31. The lowest BCUT2D eigenvalue weighted by atomic mass is 9.95. The van der Waals surface area contributed by atoms with Crippen molar-refractivity contribution >= 4 is 5.91 Å². The zero-order chi connectivity index (χ0) is 18.8. The van der Waals surface area contributed by atoms with E-state index in [2.05, 4.69) is 10.2 Å². The Kier molecular flexibility index (Phi) is 4.58. The van der Waals surface area contributed by atoms with E-state index in [1.807, 2.05) is 30.3 Å². The average molecular weight is 366 g/mol. The van der Waals surface area contributed by atoms with Crippen molar-refractivity contribution in [3.8, 4) is 5.69 Å². The number of aromatic nitrogens is 3. The number of para-hydroxylation sites is 1. The Labute approximate surface area is 155 Å². The summed E-state index contributed by atoms with van der Waals surface area (Å²) >= 11 is 0. The van der Waals surface area contributed by atoms with E-state index in [0.717, 1.165) is 5.69 Å². The molecule has 0 radical (unpaired) electrons. The number of hydrogen-bond acceptors (Lipinski definition) is 3. The van der Waals surface area contributed by atoms with Crippen LogP contribution in [0.3, 0.4) is 0 Å². The first kappa shape index (κ1) is 17.2. The summed E-state index contributed by atoms with van der Waals surface area (Å²) in [4.78, 5) is 26.4. The molecule has 1 aromatic heterocycles. The Balaban J connectivity index is 1.52. The molecule has 138 valence electrons. The summed E-state index contributed by atoms with van der Waals surface area (Å²) in [6, 6.07) is 15.4. The molecule has 0 atom stereocenters. The van der Waals surface area contributed by atoms with Crippen LogP contribution in [0.25, 0.3) is 5.69 Å². The summed E-state index contributed by atoms with van der Waals surface area (Å²) in [6.45, 7) is 0.987. The molecule has 1 aliphatic heterocycles. The summed E-state index contributed by atoms with van der Waals surface area (Å²) in [5, 5.41) is 6.75. The summed E-state index contributed by atoms with van der Waals surface area (Å²) in [6.07, 6.45) is 1.33. The van der Waals surface area contributed by atoms with Crippen molar-refractivity contribution in [2.45, 2.75) is 18.8 Å². The topological polar surface area (TPSA) is 71.0 Å². The summed E-state index contributed by atoms with van der Waals surface area (Å²) in [5.41, 5.74) is 0.578. The van der Waals surface area contributed by atoms with Crippen LogP contribution in [-0.4, -0.2) is 38.7 Å². The van der Waals surface area contributed by atoms with E-state index < -0.39 is 5.82 Å². The number of hydrogen-bond donors (Lipinski definition) is 1. The second-order valence-corrected chi connectivity index (χ2v) is 6.60. The van der Waals surface area contributed by atoms with Gasteiger partial charge in [-0.05, 0) is 37.1 Å². The molecule has 0 aliphatic carbocycles. The van der Waals surface area contributed by atoms with Gasteiger partial charge >= 0.3 is 5.69 Å². The van der Waals surface area contributed by atoms with E-state index in [9.17, 15) is 14.0 Å². The normalized spacial score (nSPS) is 15.1. The first-order valence-electron chi connectivity index (χ1n) is 8.91. The van der Waals surface area contributed by atoms with Gasteiger partial charge in [-0.25, -0.2) is 18.9 Å². The predicted octanol–water partition coefficient (Wildman–Crippen LogP) is 2.72. The number of carbonyl (C=O) groups excluding carboxylic acids is 1. The fraction of sp³-hybridized carbons (Fsp3) is 0.250. The predicted molar refractivity (Wildman–Crippen MR) is 98.5 cm³/mol. The zero-order valence-corrected chi connectivity index (χ0v) is 14.6. The molecule has 7 heteroatoms. The highest BCUT2D eigenvalue weighted by atomic mass is 19.1. The Bertz CT molecular complexity index is 1000. The van der Waals surface area contributed by atoms with E-state index in [4.69, 9.17) is 0 Å². The molecule has 2 heterocycles. The van der Waals surface area contributed by atoms with Crippen LogP contribution < -0.4 is 5.69 Å². The molecule has 0 spiro atoms. The van der Waals surface area contributed by atoms with Crippen LogP contribution in [-0.2, 0) is 0 Å². The fourth-order valence-electron chi connectivity index (χ4n) is 3.56. The first-order valence-corrected chi connectivity index (χ1v) is 8.91. The molecule has 4 rings (SSSR count).